The maximum Gasteiger partial charge on any atom is 0.115 e. The number of allylic oxidation sites excluding steroid dienone is 28. The first-order valence-corrected chi connectivity index (χ1v) is 35.6. The Morgan fingerprint density at radius 2 is 1.43 bits per heavy atom. The maximum absolute atomic E-state index is 6.65. The summed E-state index contributed by atoms with van der Waals surface area (Å²) in [4.78, 5) is 5.45. The predicted molar refractivity (Wildman–Crippen MR) is 388 cm³/mol. The first kappa shape index (κ1) is 60.1. The first-order chi connectivity index (χ1) is 45.3. The predicted octanol–water partition coefficient (Wildman–Crippen LogP) is 23.1. The Labute approximate surface area is 550 Å². The molecule has 10 aliphatic carbocycles. The summed E-state index contributed by atoms with van der Waals surface area (Å²) in [5, 5.41) is 0. The van der Waals surface area contributed by atoms with Crippen molar-refractivity contribution in [2.24, 2.45) is 41.4 Å². The van der Waals surface area contributed by atoms with Gasteiger partial charge in [-0.25, -0.2) is 0 Å². The van der Waals surface area contributed by atoms with Gasteiger partial charge in [-0.2, -0.15) is 0 Å². The van der Waals surface area contributed by atoms with E-state index >= 15 is 0 Å². The molecular formula is C89H94N2O. The Kier molecular flexibility index (Phi) is 17.3. The monoisotopic (exact) mass is 1210 g/mol. The highest BCUT2D eigenvalue weighted by molar-refractivity contribution is 5.80. The maximum atomic E-state index is 6.65. The van der Waals surface area contributed by atoms with Crippen LogP contribution < -0.4 is 9.80 Å². The van der Waals surface area contributed by atoms with Crippen LogP contribution in [0.4, 0.5) is 11.4 Å². The molecule has 466 valence electrons. The second kappa shape index (κ2) is 26.5. The Hall–Kier alpha value is -8.14. The molecule has 1 saturated carbocycles. The number of hydrogen-bond donors (Lipinski definition) is 0. The van der Waals surface area contributed by atoms with Gasteiger partial charge in [0.1, 0.15) is 5.76 Å². The normalized spacial score (nSPS) is 27.4. The molecule has 0 N–H and O–H groups in total. The van der Waals surface area contributed by atoms with E-state index in [9.17, 15) is 0 Å². The zero-order chi connectivity index (χ0) is 62.1. The molecule has 3 nitrogen and oxygen atoms in total. The van der Waals surface area contributed by atoms with Crippen molar-refractivity contribution in [3.63, 3.8) is 0 Å². The van der Waals surface area contributed by atoms with Crippen LogP contribution in [0.25, 0.3) is 22.8 Å². The van der Waals surface area contributed by atoms with E-state index in [4.69, 9.17) is 4.74 Å². The Bertz CT molecular complexity index is 3990. The second-order valence-corrected chi connectivity index (χ2v) is 28.7. The summed E-state index contributed by atoms with van der Waals surface area (Å²) in [6, 6.07) is 38.2. The van der Waals surface area contributed by atoms with Crippen molar-refractivity contribution in [2.45, 2.75) is 147 Å². The van der Waals surface area contributed by atoms with E-state index in [1.807, 2.05) is 12.2 Å². The van der Waals surface area contributed by atoms with E-state index in [0.29, 0.717) is 53.4 Å². The van der Waals surface area contributed by atoms with E-state index in [2.05, 4.69) is 249 Å². The molecule has 1 aliphatic heterocycles. The SMILES string of the molecule is C=CC1=CC=C(C2CC=C3C(C2)c2cc(-c4ccc(N(C5=CCC6C(=C5)C(CC(C)CCC(C)COC5=CC7C=CC(c8ccc(C=C)cc8)=CC7C=C5)(c5ccccc5)C5=C6CCC=C5)C5CCC(C6=CC=CCC6)CC5)cc4)ccc2N3C2=CCCC=C2)CC1. The fraction of sp³-hybridized carbons (Fsp3) is 0.348. The van der Waals surface area contributed by atoms with Crippen LogP contribution in [-0.2, 0) is 10.2 Å². The number of benzene rings is 4. The highest BCUT2D eigenvalue weighted by Gasteiger charge is 2.51. The molecule has 1 heterocycles. The van der Waals surface area contributed by atoms with Gasteiger partial charge in [-0.1, -0.05) is 226 Å². The van der Waals surface area contributed by atoms with Crippen LogP contribution >= 0.6 is 0 Å². The largest absolute Gasteiger partial charge is 0.494 e. The van der Waals surface area contributed by atoms with Crippen molar-refractivity contribution >= 4 is 23.0 Å². The van der Waals surface area contributed by atoms with Gasteiger partial charge in [-0.05, 0) is 237 Å². The topological polar surface area (TPSA) is 15.7 Å². The summed E-state index contributed by atoms with van der Waals surface area (Å²) in [6.45, 7) is 13.7. The summed E-state index contributed by atoms with van der Waals surface area (Å²) in [5.74, 6) is 4.63. The molecule has 8 atom stereocenters. The highest BCUT2D eigenvalue weighted by atomic mass is 16.5. The van der Waals surface area contributed by atoms with Crippen molar-refractivity contribution in [1.82, 2.24) is 0 Å². The molecule has 0 amide bonds. The minimum atomic E-state index is -0.198. The van der Waals surface area contributed by atoms with Crippen molar-refractivity contribution in [3.05, 3.63) is 310 Å². The van der Waals surface area contributed by atoms with Crippen molar-refractivity contribution in [2.75, 3.05) is 16.4 Å². The molecule has 15 rings (SSSR count). The molecule has 4 aromatic carbocycles. The number of hydrogen-bond acceptors (Lipinski definition) is 3. The van der Waals surface area contributed by atoms with Crippen LogP contribution in [0.2, 0.25) is 0 Å². The average molecular weight is 1210 g/mol. The van der Waals surface area contributed by atoms with E-state index < -0.39 is 0 Å². The van der Waals surface area contributed by atoms with Gasteiger partial charge in [0.2, 0.25) is 0 Å². The molecule has 4 aromatic rings. The second-order valence-electron chi connectivity index (χ2n) is 28.7. The average Bonchev–Trinajstić information content (AvgIpc) is 1.57. The van der Waals surface area contributed by atoms with Crippen LogP contribution in [0.1, 0.15) is 158 Å². The number of nitrogens with zero attached hydrogens (tertiary/aromatic N) is 2. The van der Waals surface area contributed by atoms with Gasteiger partial charge in [-0.15, -0.1) is 0 Å². The van der Waals surface area contributed by atoms with Crippen LogP contribution in [0.5, 0.6) is 0 Å². The Morgan fingerprint density at radius 1 is 0.652 bits per heavy atom. The van der Waals surface area contributed by atoms with Gasteiger partial charge >= 0.3 is 0 Å². The Morgan fingerprint density at radius 3 is 2.22 bits per heavy atom. The van der Waals surface area contributed by atoms with Gasteiger partial charge in [0, 0.05) is 63.6 Å². The number of anilines is 2. The van der Waals surface area contributed by atoms with Crippen LogP contribution in [-0.4, -0.2) is 12.6 Å². The summed E-state index contributed by atoms with van der Waals surface area (Å²) in [5.41, 5.74) is 25.5. The van der Waals surface area contributed by atoms with E-state index in [1.54, 1.807) is 27.9 Å². The lowest BCUT2D eigenvalue weighted by Gasteiger charge is -2.43. The number of rotatable bonds is 19. The van der Waals surface area contributed by atoms with Gasteiger partial charge in [-0.3, -0.25) is 0 Å². The Balaban J connectivity index is 0.703. The van der Waals surface area contributed by atoms with Crippen molar-refractivity contribution in [3.8, 4) is 11.1 Å². The first-order valence-electron chi connectivity index (χ1n) is 35.6. The van der Waals surface area contributed by atoms with Gasteiger partial charge < -0.3 is 14.5 Å². The molecule has 8 unspecified atom stereocenters. The van der Waals surface area contributed by atoms with Crippen LogP contribution in [0, 0.1) is 41.4 Å². The number of fused-ring (bicyclic) bond motifs is 6. The lowest BCUT2D eigenvalue weighted by Crippen LogP contribution is -2.39. The molecule has 92 heavy (non-hydrogen) atoms. The van der Waals surface area contributed by atoms with Crippen molar-refractivity contribution in [1.29, 1.82) is 0 Å². The van der Waals surface area contributed by atoms with Gasteiger partial charge in [0.15, 0.2) is 0 Å². The summed E-state index contributed by atoms with van der Waals surface area (Å²) in [7, 11) is 0. The molecule has 0 aromatic heterocycles. The summed E-state index contributed by atoms with van der Waals surface area (Å²) in [6.07, 6.45) is 70.8. The third kappa shape index (κ3) is 11.8. The third-order valence-electron chi connectivity index (χ3n) is 23.1. The highest BCUT2D eigenvalue weighted by Crippen LogP contribution is 2.61. The van der Waals surface area contributed by atoms with E-state index in [0.717, 1.165) is 95.0 Å². The summed E-state index contributed by atoms with van der Waals surface area (Å²) >= 11 is 0. The van der Waals surface area contributed by atoms with E-state index in [-0.39, 0.29) is 5.41 Å². The van der Waals surface area contributed by atoms with Crippen molar-refractivity contribution < 1.29 is 4.74 Å². The quantitative estimate of drug-likeness (QED) is 0.0931. The van der Waals surface area contributed by atoms with Crippen LogP contribution in [0.3, 0.4) is 0 Å². The molecule has 0 radical (unpaired) electrons. The zero-order valence-electron chi connectivity index (χ0n) is 54.7. The van der Waals surface area contributed by atoms with Gasteiger partial charge in [0.05, 0.1) is 6.61 Å². The van der Waals surface area contributed by atoms with Gasteiger partial charge in [0.25, 0.3) is 0 Å². The molecule has 11 aliphatic rings. The summed E-state index contributed by atoms with van der Waals surface area (Å²) < 4.78 is 6.65. The molecule has 0 bridgehead atoms. The van der Waals surface area contributed by atoms with E-state index in [1.165, 1.54) is 106 Å². The molecule has 3 heteroatoms. The smallest absolute Gasteiger partial charge is 0.115 e. The third-order valence-corrected chi connectivity index (χ3v) is 23.1. The number of ether oxygens (including phenoxy) is 1. The zero-order valence-corrected chi connectivity index (χ0v) is 54.7. The lowest BCUT2D eigenvalue weighted by atomic mass is 9.64. The fourth-order valence-corrected chi connectivity index (χ4v) is 18.1. The minimum Gasteiger partial charge on any atom is -0.494 e. The fourth-order valence-electron chi connectivity index (χ4n) is 18.1. The molecule has 0 saturated heterocycles. The standard InChI is InChI=1S/C89H94N2O/c1-5-63-28-32-67(33-29-63)70-36-37-72-55-80(50-42-71(72)54-70)92-60-62(4)27-26-61(3)59-89(75-20-12-8-13-21-75)85-25-17-16-24-81(85)82-51-49-79(58-86(82)89)90(77-45-38-66(39-46-77)65-18-10-7-11-19-65)78-47-40-69(41-48-78)74-44-53-88-84(57-74)83-56-73(68-34-30-64(6-2)31-35-68)43-52-87(83)91(88)76-22-14-9-15-23-76/h5-8,10,12-14,17-18,20-23,25,28-30,32-34,36-37,40-42,44,47-50,52-55,57-58,61-62,66,71-73,77,82-83H,1-2,9,11,15-16,19,24,26-27,31,35,38-39,43,45-46,51,56,59-60H2,3-4H3. The molecular weight excluding hydrogens is 1110 g/mol. The lowest BCUT2D eigenvalue weighted by molar-refractivity contribution is 0.169. The molecule has 1 fully saturated rings. The molecule has 0 spiro atoms. The van der Waals surface area contributed by atoms with Crippen LogP contribution in [0.15, 0.2) is 288 Å². The minimum absolute atomic E-state index is 0.198.